The standard InChI is InChI=1S/C22H24N2O3/c1-14(2)8-10-24-16(4)15(3)21-22(24)19(7-9-23-21)25-12-17-5-6-18-20(11-17)27-13-26-18/h5-9,11H,10,12-13H2,1-4H3. The summed E-state index contributed by atoms with van der Waals surface area (Å²) in [5.41, 5.74) is 6.79. The number of rotatable bonds is 5. The van der Waals surface area contributed by atoms with Crippen molar-refractivity contribution in [1.29, 1.82) is 0 Å². The summed E-state index contributed by atoms with van der Waals surface area (Å²) in [6, 6.07) is 7.84. The first-order valence-corrected chi connectivity index (χ1v) is 9.13. The van der Waals surface area contributed by atoms with E-state index in [-0.39, 0.29) is 6.79 Å². The van der Waals surface area contributed by atoms with Crippen LogP contribution in [0.15, 0.2) is 42.1 Å². The minimum atomic E-state index is 0.279. The molecule has 3 heterocycles. The second kappa shape index (κ2) is 6.99. The molecule has 1 aliphatic heterocycles. The number of fused-ring (bicyclic) bond motifs is 2. The second-order valence-corrected chi connectivity index (χ2v) is 7.09. The molecule has 0 amide bonds. The first-order chi connectivity index (χ1) is 13.0. The van der Waals surface area contributed by atoms with Gasteiger partial charge in [0, 0.05) is 24.5 Å². The van der Waals surface area contributed by atoms with E-state index in [0.29, 0.717) is 6.61 Å². The first-order valence-electron chi connectivity index (χ1n) is 9.13. The molecule has 0 bridgehead atoms. The Kier molecular flexibility index (Phi) is 4.52. The van der Waals surface area contributed by atoms with Crippen molar-refractivity contribution < 1.29 is 14.2 Å². The van der Waals surface area contributed by atoms with E-state index in [9.17, 15) is 0 Å². The van der Waals surface area contributed by atoms with E-state index < -0.39 is 0 Å². The van der Waals surface area contributed by atoms with Gasteiger partial charge in [-0.2, -0.15) is 0 Å². The lowest BCUT2D eigenvalue weighted by Gasteiger charge is -2.12. The SMILES string of the molecule is CC(C)=CCn1c(C)c(C)c2nccc(OCc3ccc4c(c3)OCO4)c21. The Balaban J connectivity index is 1.67. The van der Waals surface area contributed by atoms with Gasteiger partial charge in [0.1, 0.15) is 17.9 Å². The number of aromatic nitrogens is 2. The van der Waals surface area contributed by atoms with Gasteiger partial charge in [-0.15, -0.1) is 0 Å². The smallest absolute Gasteiger partial charge is 0.231 e. The van der Waals surface area contributed by atoms with Gasteiger partial charge in [-0.05, 0) is 51.0 Å². The van der Waals surface area contributed by atoms with Crippen LogP contribution in [0.25, 0.3) is 11.0 Å². The zero-order valence-corrected chi connectivity index (χ0v) is 16.2. The van der Waals surface area contributed by atoms with Crippen LogP contribution >= 0.6 is 0 Å². The average molecular weight is 364 g/mol. The Morgan fingerprint density at radius 2 is 2.00 bits per heavy atom. The maximum atomic E-state index is 6.20. The molecule has 0 unspecified atom stereocenters. The summed E-state index contributed by atoms with van der Waals surface area (Å²) < 4.78 is 19.3. The highest BCUT2D eigenvalue weighted by Gasteiger charge is 2.17. The summed E-state index contributed by atoms with van der Waals surface area (Å²) in [5.74, 6) is 2.40. The van der Waals surface area contributed by atoms with Crippen molar-refractivity contribution in [1.82, 2.24) is 9.55 Å². The minimum Gasteiger partial charge on any atom is -0.487 e. The normalized spacial score (nSPS) is 12.4. The maximum absolute atomic E-state index is 6.20. The van der Waals surface area contributed by atoms with Crippen molar-refractivity contribution in [2.75, 3.05) is 6.79 Å². The first kappa shape index (κ1) is 17.5. The third-order valence-electron chi connectivity index (χ3n) is 4.97. The summed E-state index contributed by atoms with van der Waals surface area (Å²) in [6.07, 6.45) is 4.04. The van der Waals surface area contributed by atoms with Crippen LogP contribution in [0.2, 0.25) is 0 Å². The molecule has 0 saturated heterocycles. The molecule has 3 aromatic rings. The molecule has 0 radical (unpaired) electrons. The number of nitrogens with zero attached hydrogens (tertiary/aromatic N) is 2. The summed E-state index contributed by atoms with van der Waals surface area (Å²) in [7, 11) is 0. The van der Waals surface area contributed by atoms with E-state index in [0.717, 1.165) is 40.4 Å². The van der Waals surface area contributed by atoms with Crippen molar-refractivity contribution in [2.45, 2.75) is 40.8 Å². The summed E-state index contributed by atoms with van der Waals surface area (Å²) >= 11 is 0. The van der Waals surface area contributed by atoms with Gasteiger partial charge in [-0.1, -0.05) is 17.7 Å². The molecule has 0 spiro atoms. The molecule has 5 heteroatoms. The van der Waals surface area contributed by atoms with Crippen molar-refractivity contribution in [3.63, 3.8) is 0 Å². The van der Waals surface area contributed by atoms with Crippen molar-refractivity contribution in [3.05, 3.63) is 58.9 Å². The molecule has 0 N–H and O–H groups in total. The molecule has 27 heavy (non-hydrogen) atoms. The number of ether oxygens (including phenoxy) is 3. The average Bonchev–Trinajstić information content (AvgIpc) is 3.22. The second-order valence-electron chi connectivity index (χ2n) is 7.09. The van der Waals surface area contributed by atoms with Gasteiger partial charge < -0.3 is 18.8 Å². The third-order valence-corrected chi connectivity index (χ3v) is 4.97. The summed E-state index contributed by atoms with van der Waals surface area (Å²) in [5, 5.41) is 0. The predicted molar refractivity (Wildman–Crippen MR) is 106 cm³/mol. The van der Waals surface area contributed by atoms with E-state index in [1.54, 1.807) is 0 Å². The molecule has 140 valence electrons. The van der Waals surface area contributed by atoms with E-state index in [2.05, 4.69) is 43.3 Å². The topological polar surface area (TPSA) is 45.5 Å². The molecular formula is C22H24N2O3. The van der Waals surface area contributed by atoms with Crippen LogP contribution in [-0.4, -0.2) is 16.3 Å². The number of benzene rings is 1. The van der Waals surface area contributed by atoms with Crippen LogP contribution in [0.1, 0.15) is 30.7 Å². The van der Waals surface area contributed by atoms with Gasteiger partial charge in [0.2, 0.25) is 6.79 Å². The van der Waals surface area contributed by atoms with Crippen molar-refractivity contribution in [2.24, 2.45) is 0 Å². The highest BCUT2D eigenvalue weighted by atomic mass is 16.7. The molecule has 0 atom stereocenters. The van der Waals surface area contributed by atoms with Crippen LogP contribution in [0.3, 0.4) is 0 Å². The molecule has 0 fully saturated rings. The Bertz CT molecular complexity index is 1030. The van der Waals surface area contributed by atoms with E-state index >= 15 is 0 Å². The van der Waals surface area contributed by atoms with Gasteiger partial charge in [-0.25, -0.2) is 0 Å². The van der Waals surface area contributed by atoms with Gasteiger partial charge in [0.25, 0.3) is 0 Å². The van der Waals surface area contributed by atoms with Gasteiger partial charge >= 0.3 is 0 Å². The van der Waals surface area contributed by atoms with Crippen molar-refractivity contribution >= 4 is 11.0 Å². The monoisotopic (exact) mass is 364 g/mol. The molecule has 5 nitrogen and oxygen atoms in total. The fraction of sp³-hybridized carbons (Fsp3) is 0.318. The highest BCUT2D eigenvalue weighted by Crippen LogP contribution is 2.34. The number of pyridine rings is 1. The van der Waals surface area contributed by atoms with Gasteiger partial charge in [-0.3, -0.25) is 4.98 Å². The molecule has 4 rings (SSSR count). The Labute approximate surface area is 159 Å². The molecule has 0 aliphatic carbocycles. The third kappa shape index (κ3) is 3.25. The lowest BCUT2D eigenvalue weighted by Crippen LogP contribution is -2.02. The summed E-state index contributed by atoms with van der Waals surface area (Å²) in [6.45, 7) is 10.0. The van der Waals surface area contributed by atoms with E-state index in [1.165, 1.54) is 16.8 Å². The maximum Gasteiger partial charge on any atom is 0.231 e. The van der Waals surface area contributed by atoms with Gasteiger partial charge in [0.05, 0.1) is 5.52 Å². The number of aryl methyl sites for hydroxylation is 1. The molecule has 2 aromatic heterocycles. The van der Waals surface area contributed by atoms with Crippen LogP contribution in [0.4, 0.5) is 0 Å². The minimum absolute atomic E-state index is 0.279. The predicted octanol–water partition coefficient (Wildman–Crippen LogP) is 4.93. The molecule has 1 aromatic carbocycles. The van der Waals surface area contributed by atoms with Crippen molar-refractivity contribution in [3.8, 4) is 17.2 Å². The Morgan fingerprint density at radius 3 is 2.81 bits per heavy atom. The largest absolute Gasteiger partial charge is 0.487 e. The highest BCUT2D eigenvalue weighted by molar-refractivity contribution is 5.86. The summed E-state index contributed by atoms with van der Waals surface area (Å²) in [4.78, 5) is 4.59. The van der Waals surface area contributed by atoms with Crippen LogP contribution in [0.5, 0.6) is 17.2 Å². The van der Waals surface area contributed by atoms with E-state index in [1.807, 2.05) is 30.5 Å². The Hall–Kier alpha value is -2.95. The molecule has 0 saturated carbocycles. The molecular weight excluding hydrogens is 340 g/mol. The number of hydrogen-bond donors (Lipinski definition) is 0. The number of allylic oxidation sites excluding steroid dienone is 2. The zero-order valence-electron chi connectivity index (χ0n) is 16.2. The Morgan fingerprint density at radius 1 is 1.19 bits per heavy atom. The quantitative estimate of drug-likeness (QED) is 0.603. The van der Waals surface area contributed by atoms with Crippen LogP contribution < -0.4 is 14.2 Å². The fourth-order valence-electron chi connectivity index (χ4n) is 3.32. The fourth-order valence-corrected chi connectivity index (χ4v) is 3.32. The number of hydrogen-bond acceptors (Lipinski definition) is 4. The lowest BCUT2D eigenvalue weighted by atomic mass is 10.2. The molecule has 1 aliphatic rings. The van der Waals surface area contributed by atoms with Crippen LogP contribution in [-0.2, 0) is 13.2 Å². The lowest BCUT2D eigenvalue weighted by molar-refractivity contribution is 0.174. The van der Waals surface area contributed by atoms with E-state index in [4.69, 9.17) is 14.2 Å². The van der Waals surface area contributed by atoms with Gasteiger partial charge in [0.15, 0.2) is 11.5 Å². The zero-order chi connectivity index (χ0) is 19.0. The van der Waals surface area contributed by atoms with Crippen LogP contribution in [0, 0.1) is 13.8 Å².